The number of fused-ring (bicyclic) bond motifs is 2. The molecule has 5 nitrogen and oxygen atoms in total. The van der Waals surface area contributed by atoms with Crippen molar-refractivity contribution in [3.63, 3.8) is 0 Å². The number of aliphatic hydroxyl groups is 1. The van der Waals surface area contributed by atoms with Gasteiger partial charge in [0.25, 0.3) is 0 Å². The van der Waals surface area contributed by atoms with E-state index in [-0.39, 0.29) is 17.6 Å². The molecule has 0 radical (unpaired) electrons. The maximum absolute atomic E-state index is 13.5. The first kappa shape index (κ1) is 17.2. The summed E-state index contributed by atoms with van der Waals surface area (Å²) in [5.74, 6) is -0.549. The Labute approximate surface area is 149 Å². The molecule has 1 aromatic rings. The Kier molecular flexibility index (Phi) is 4.27. The van der Waals surface area contributed by atoms with Crippen LogP contribution >= 0.6 is 0 Å². The lowest BCUT2D eigenvalue weighted by molar-refractivity contribution is -0.191. The fraction of sp³-hybridized carbons (Fsp3) is 0.579. The monoisotopic (exact) mass is 363 g/mol. The van der Waals surface area contributed by atoms with Gasteiger partial charge in [0.15, 0.2) is 5.79 Å². The van der Waals surface area contributed by atoms with Crippen molar-refractivity contribution in [2.24, 2.45) is 16.2 Å². The predicted octanol–water partition coefficient (Wildman–Crippen LogP) is 2.60. The molecule has 0 amide bonds. The third-order valence-corrected chi connectivity index (χ3v) is 8.33. The highest BCUT2D eigenvalue weighted by atomic mass is 32.2. The van der Waals surface area contributed by atoms with Gasteiger partial charge in [-0.05, 0) is 25.0 Å². The standard InChI is InChI=1S/C19H25NO4S/c1-20-25(22,17-5-3-2-4-6-17)14-18(21)13-16-8-7-15(18)9-10-19(16)23-11-12-24-19/h2-8,15-16,21H,9-14H2,1H3/t15-,16-,18+,25?/m0/s1. The van der Waals surface area contributed by atoms with Gasteiger partial charge >= 0.3 is 0 Å². The first-order chi connectivity index (χ1) is 12.0. The summed E-state index contributed by atoms with van der Waals surface area (Å²) < 4.78 is 29.6. The zero-order valence-electron chi connectivity index (χ0n) is 14.5. The average molecular weight is 363 g/mol. The Morgan fingerprint density at radius 3 is 2.56 bits per heavy atom. The van der Waals surface area contributed by atoms with Gasteiger partial charge in [0, 0.05) is 30.2 Å². The average Bonchev–Trinajstić information content (AvgIpc) is 3.00. The summed E-state index contributed by atoms with van der Waals surface area (Å²) in [7, 11) is -1.10. The summed E-state index contributed by atoms with van der Waals surface area (Å²) in [6.07, 6.45) is 6.19. The normalized spacial score (nSPS) is 35.4. The van der Waals surface area contributed by atoms with Crippen molar-refractivity contribution in [2.45, 2.75) is 35.5 Å². The van der Waals surface area contributed by atoms with Gasteiger partial charge in [0.05, 0.1) is 34.3 Å². The van der Waals surface area contributed by atoms with Gasteiger partial charge in [-0.25, -0.2) is 8.57 Å². The molecule has 6 heteroatoms. The molecular weight excluding hydrogens is 338 g/mol. The molecule has 2 fully saturated rings. The second kappa shape index (κ2) is 6.20. The maximum Gasteiger partial charge on any atom is 0.174 e. The molecule has 3 aliphatic carbocycles. The summed E-state index contributed by atoms with van der Waals surface area (Å²) in [4.78, 5) is 0.679. The van der Waals surface area contributed by atoms with Crippen molar-refractivity contribution in [3.05, 3.63) is 42.5 Å². The van der Waals surface area contributed by atoms with Crippen LogP contribution in [0.25, 0.3) is 0 Å². The lowest BCUT2D eigenvalue weighted by Crippen LogP contribution is -2.48. The number of hydrogen-bond acceptors (Lipinski definition) is 5. The van der Waals surface area contributed by atoms with Gasteiger partial charge in [0.1, 0.15) is 0 Å². The van der Waals surface area contributed by atoms with Crippen LogP contribution in [0.2, 0.25) is 0 Å². The van der Waals surface area contributed by atoms with Gasteiger partial charge in [-0.15, -0.1) is 0 Å². The second-order valence-electron chi connectivity index (χ2n) is 7.23. The van der Waals surface area contributed by atoms with Crippen molar-refractivity contribution in [2.75, 3.05) is 26.0 Å². The highest BCUT2D eigenvalue weighted by Gasteiger charge is 2.54. The topological polar surface area (TPSA) is 68.1 Å². The molecule has 2 bridgehead atoms. The van der Waals surface area contributed by atoms with Crippen molar-refractivity contribution < 1.29 is 18.8 Å². The Hall–Kier alpha value is -1.21. The van der Waals surface area contributed by atoms with E-state index in [0.717, 1.165) is 12.8 Å². The lowest BCUT2D eigenvalue weighted by atomic mass is 9.77. The van der Waals surface area contributed by atoms with E-state index in [4.69, 9.17) is 9.47 Å². The predicted molar refractivity (Wildman–Crippen MR) is 95.6 cm³/mol. The van der Waals surface area contributed by atoms with Crippen LogP contribution < -0.4 is 0 Å². The minimum atomic E-state index is -2.68. The molecule has 1 aliphatic heterocycles. The molecule has 1 spiro atoms. The van der Waals surface area contributed by atoms with Gasteiger partial charge in [-0.2, -0.15) is 0 Å². The summed E-state index contributed by atoms with van der Waals surface area (Å²) in [5.41, 5.74) is -1.06. The van der Waals surface area contributed by atoms with E-state index in [1.54, 1.807) is 7.05 Å². The molecule has 1 saturated carbocycles. The van der Waals surface area contributed by atoms with Gasteiger partial charge in [0.2, 0.25) is 0 Å². The highest BCUT2D eigenvalue weighted by molar-refractivity contribution is 7.93. The molecule has 1 saturated heterocycles. The van der Waals surface area contributed by atoms with Crippen LogP contribution in [0.15, 0.2) is 51.7 Å². The van der Waals surface area contributed by atoms with E-state index in [0.29, 0.717) is 24.5 Å². The smallest absolute Gasteiger partial charge is 0.174 e. The Morgan fingerprint density at radius 2 is 1.88 bits per heavy atom. The highest BCUT2D eigenvalue weighted by Crippen LogP contribution is 2.50. The zero-order valence-corrected chi connectivity index (χ0v) is 15.3. The SMILES string of the molecule is CN=S(=O)(C[C@]1(O)C[C@@H]2C=C[C@H]1CCC21OCCO1)c1ccccc1. The minimum absolute atomic E-state index is 0.0185. The number of hydrogen-bond donors (Lipinski definition) is 1. The van der Waals surface area contributed by atoms with Crippen molar-refractivity contribution in [3.8, 4) is 0 Å². The Bertz CT molecular complexity index is 778. The number of rotatable bonds is 3. The molecule has 1 N–H and O–H groups in total. The van der Waals surface area contributed by atoms with E-state index in [2.05, 4.69) is 16.5 Å². The number of ether oxygens (including phenoxy) is 2. The molecule has 1 unspecified atom stereocenters. The first-order valence-corrected chi connectivity index (χ1v) is 10.5. The summed E-state index contributed by atoms with van der Waals surface area (Å²) in [6, 6.07) is 9.27. The fourth-order valence-corrected chi connectivity index (χ4v) is 6.58. The van der Waals surface area contributed by atoms with Crippen LogP contribution in [0.5, 0.6) is 0 Å². The quantitative estimate of drug-likeness (QED) is 0.838. The van der Waals surface area contributed by atoms with Crippen LogP contribution in [-0.2, 0) is 19.2 Å². The third kappa shape index (κ3) is 2.85. The molecule has 4 atom stereocenters. The van der Waals surface area contributed by atoms with Gasteiger partial charge in [-0.3, -0.25) is 0 Å². The molecular formula is C19H25NO4S. The zero-order chi connectivity index (χ0) is 17.5. The van der Waals surface area contributed by atoms with E-state index in [9.17, 15) is 9.32 Å². The van der Waals surface area contributed by atoms with Crippen molar-refractivity contribution >= 4 is 9.73 Å². The molecule has 0 aromatic heterocycles. The van der Waals surface area contributed by atoms with Crippen LogP contribution in [0, 0.1) is 11.8 Å². The van der Waals surface area contributed by atoms with Gasteiger partial charge < -0.3 is 14.6 Å². The maximum atomic E-state index is 13.5. The minimum Gasteiger partial charge on any atom is -0.388 e. The lowest BCUT2D eigenvalue weighted by Gasteiger charge is -2.40. The number of nitrogens with zero attached hydrogens (tertiary/aromatic N) is 1. The summed E-state index contributed by atoms with van der Waals surface area (Å²) in [6.45, 7) is 1.19. The summed E-state index contributed by atoms with van der Waals surface area (Å²) in [5, 5.41) is 11.5. The molecule has 136 valence electrons. The molecule has 1 aromatic carbocycles. The molecule has 1 heterocycles. The second-order valence-corrected chi connectivity index (χ2v) is 9.64. The van der Waals surface area contributed by atoms with Gasteiger partial charge in [-0.1, -0.05) is 30.4 Å². The first-order valence-electron chi connectivity index (χ1n) is 8.86. The van der Waals surface area contributed by atoms with E-state index < -0.39 is 21.1 Å². The fourth-order valence-electron chi connectivity index (χ4n) is 4.48. The largest absolute Gasteiger partial charge is 0.388 e. The summed E-state index contributed by atoms with van der Waals surface area (Å²) >= 11 is 0. The van der Waals surface area contributed by atoms with Crippen molar-refractivity contribution in [1.82, 2.24) is 0 Å². The van der Waals surface area contributed by atoms with E-state index in [1.165, 1.54) is 0 Å². The Morgan fingerprint density at radius 1 is 1.20 bits per heavy atom. The molecule has 5 rings (SSSR count). The van der Waals surface area contributed by atoms with Crippen molar-refractivity contribution in [1.29, 1.82) is 0 Å². The third-order valence-electron chi connectivity index (χ3n) is 5.84. The Balaban J connectivity index is 1.67. The molecule has 4 aliphatic rings. The van der Waals surface area contributed by atoms with E-state index >= 15 is 0 Å². The van der Waals surface area contributed by atoms with E-state index in [1.807, 2.05) is 30.3 Å². The van der Waals surface area contributed by atoms with Crippen LogP contribution in [-0.4, -0.2) is 46.7 Å². The van der Waals surface area contributed by atoms with Crippen LogP contribution in [0.1, 0.15) is 19.3 Å². The molecule has 25 heavy (non-hydrogen) atoms. The number of benzene rings is 1. The van der Waals surface area contributed by atoms with Crippen LogP contribution in [0.3, 0.4) is 0 Å². The van der Waals surface area contributed by atoms with Crippen LogP contribution in [0.4, 0.5) is 0 Å².